The normalized spacial score (nSPS) is 18.4. The zero-order valence-electron chi connectivity index (χ0n) is 28.2. The zero-order valence-corrected chi connectivity index (χ0v) is 28.2. The Morgan fingerprint density at radius 2 is 1.49 bits per heavy atom. The molecule has 2 saturated heterocycles. The maximum absolute atomic E-state index is 14.4. The molecule has 0 radical (unpaired) electrons. The molecule has 2 N–H and O–H groups in total. The van der Waals surface area contributed by atoms with Crippen LogP contribution in [0.15, 0.2) is 48.5 Å². The summed E-state index contributed by atoms with van der Waals surface area (Å²) < 4.78 is 107. The molecule has 2 heterocycles. The molecule has 0 bridgehead atoms. The van der Waals surface area contributed by atoms with Crippen LogP contribution in [0, 0.1) is 5.41 Å². The number of carbonyl (C=O) groups excluding carboxylic acids is 1. The minimum absolute atomic E-state index is 0.376. The lowest BCUT2D eigenvalue weighted by molar-refractivity contribution is -0.236. The van der Waals surface area contributed by atoms with Gasteiger partial charge in [0.2, 0.25) is 5.91 Å². The van der Waals surface area contributed by atoms with Crippen LogP contribution in [0.25, 0.3) is 21.9 Å². The van der Waals surface area contributed by atoms with Crippen molar-refractivity contribution in [1.82, 2.24) is 15.1 Å². The van der Waals surface area contributed by atoms with Crippen LogP contribution in [0.1, 0.15) is 36.8 Å². The van der Waals surface area contributed by atoms with Crippen molar-refractivity contribution in [2.75, 3.05) is 46.9 Å². The summed E-state index contributed by atoms with van der Waals surface area (Å²) in [5.74, 6) is -2.16. The van der Waals surface area contributed by atoms with Crippen LogP contribution < -0.4 is 14.8 Å². The molecule has 0 aromatic heterocycles. The fraction of sp³-hybridized carbons (Fsp3) is 0.500. The summed E-state index contributed by atoms with van der Waals surface area (Å²) in [4.78, 5) is 28.6. The van der Waals surface area contributed by atoms with Gasteiger partial charge in [-0.25, -0.2) is 9.18 Å². The van der Waals surface area contributed by atoms with Crippen molar-refractivity contribution in [2.24, 2.45) is 5.41 Å². The number of likely N-dealkylation sites (tertiary alicyclic amines) is 2. The van der Waals surface area contributed by atoms with Gasteiger partial charge in [0.15, 0.2) is 0 Å². The molecule has 0 saturated carbocycles. The fourth-order valence-corrected chi connectivity index (χ4v) is 7.11. The van der Waals surface area contributed by atoms with E-state index in [0.29, 0.717) is 71.4 Å². The fourth-order valence-electron chi connectivity index (χ4n) is 7.11. The van der Waals surface area contributed by atoms with Gasteiger partial charge in [0, 0.05) is 26.1 Å². The first-order valence-electron chi connectivity index (χ1n) is 16.6. The number of carboxylic acids is 1. The van der Waals surface area contributed by atoms with E-state index in [-0.39, 0.29) is 6.42 Å². The Labute approximate surface area is 290 Å². The number of carbonyl (C=O) groups is 2. The third-order valence-electron chi connectivity index (χ3n) is 9.89. The van der Waals surface area contributed by atoms with E-state index < -0.39 is 74.3 Å². The minimum Gasteiger partial charge on any atom is -0.496 e. The molecule has 2 aliphatic rings. The van der Waals surface area contributed by atoms with E-state index in [0.717, 1.165) is 10.5 Å². The Morgan fingerprint density at radius 1 is 0.902 bits per heavy atom. The predicted molar refractivity (Wildman–Crippen MR) is 175 cm³/mol. The van der Waals surface area contributed by atoms with Crippen molar-refractivity contribution in [1.29, 1.82) is 0 Å². The molecule has 2 fully saturated rings. The van der Waals surface area contributed by atoms with Gasteiger partial charge >= 0.3 is 18.3 Å². The number of nitrogens with zero attached hydrogens (tertiary/aromatic N) is 2. The van der Waals surface area contributed by atoms with Crippen molar-refractivity contribution in [3.63, 3.8) is 0 Å². The second-order valence-corrected chi connectivity index (χ2v) is 13.2. The lowest BCUT2D eigenvalue weighted by Gasteiger charge is -2.42. The Bertz CT molecular complexity index is 1690. The quantitative estimate of drug-likeness (QED) is 0.211. The van der Waals surface area contributed by atoms with Crippen LogP contribution in [0.4, 0.5) is 30.7 Å². The molecule has 0 unspecified atom stereocenters. The van der Waals surface area contributed by atoms with E-state index in [1.54, 1.807) is 30.3 Å². The minimum atomic E-state index is -5.13. The first-order valence-corrected chi connectivity index (χ1v) is 16.6. The molecule has 8 nitrogen and oxygen atoms in total. The number of carboxylic acid groups (broad SMARTS) is 1. The predicted octanol–water partition coefficient (Wildman–Crippen LogP) is 6.78. The van der Waals surface area contributed by atoms with E-state index >= 15 is 0 Å². The van der Waals surface area contributed by atoms with Crippen LogP contribution >= 0.6 is 0 Å². The summed E-state index contributed by atoms with van der Waals surface area (Å²) in [6.07, 6.45) is -11.9. The maximum atomic E-state index is 14.4. The summed E-state index contributed by atoms with van der Waals surface area (Å²) >= 11 is 0. The van der Waals surface area contributed by atoms with Gasteiger partial charge < -0.3 is 19.9 Å². The van der Waals surface area contributed by atoms with Crippen LogP contribution in [-0.4, -0.2) is 98.3 Å². The van der Waals surface area contributed by atoms with Crippen molar-refractivity contribution in [3.05, 3.63) is 59.7 Å². The molecule has 0 aliphatic carbocycles. The highest BCUT2D eigenvalue weighted by molar-refractivity contribution is 6.01. The molecule has 2 aliphatic heterocycles. The third-order valence-corrected chi connectivity index (χ3v) is 9.89. The molecule has 15 heteroatoms. The van der Waals surface area contributed by atoms with Gasteiger partial charge in [0.05, 0.1) is 26.3 Å². The van der Waals surface area contributed by atoms with Crippen LogP contribution in [0.3, 0.4) is 0 Å². The molecule has 3 aromatic rings. The summed E-state index contributed by atoms with van der Waals surface area (Å²) in [7, 11) is 3.03. The SMILES string of the molecule is COc1cc(CN2CCC(F)CC2)cc(OC)c1-c1cccc2c(C[C@H](NC(=O)C3(C(F)(F)F)CCN(CC(F)(F)F)CC3)C(=O)O)cccc12. The molecular weight excluding hydrogens is 687 g/mol. The van der Waals surface area contributed by atoms with Gasteiger partial charge in [0.1, 0.15) is 29.1 Å². The molecule has 51 heavy (non-hydrogen) atoms. The average molecular weight is 728 g/mol. The number of ether oxygens (including phenoxy) is 2. The highest BCUT2D eigenvalue weighted by Crippen LogP contribution is 2.47. The highest BCUT2D eigenvalue weighted by Gasteiger charge is 2.61. The monoisotopic (exact) mass is 727 g/mol. The van der Waals surface area contributed by atoms with Gasteiger partial charge in [-0.05, 0) is 78.4 Å². The van der Waals surface area contributed by atoms with Crippen molar-refractivity contribution >= 4 is 22.6 Å². The number of rotatable bonds is 11. The third kappa shape index (κ3) is 8.52. The van der Waals surface area contributed by atoms with Gasteiger partial charge in [-0.1, -0.05) is 36.4 Å². The standard InChI is InChI=1S/C36H40F7N3O5/c1-50-29-17-22(20-45-13-9-24(37)10-14-45)18-30(51-2)31(29)27-8-4-6-25-23(5-3-7-26(25)27)19-28(32(47)48)44-33(49)34(36(41,42)43)11-15-46(16-12-34)21-35(38,39)40/h3-8,17-18,24,28H,9-16,19-21H2,1-2H3,(H,44,49)(H,47,48)/t28-/m0/s1. The maximum Gasteiger partial charge on any atom is 0.403 e. The first kappa shape index (κ1) is 38.1. The van der Waals surface area contributed by atoms with Gasteiger partial charge in [0.25, 0.3) is 0 Å². The lowest BCUT2D eigenvalue weighted by atomic mass is 9.76. The molecular formula is C36H40F7N3O5. The van der Waals surface area contributed by atoms with E-state index in [1.807, 2.05) is 18.2 Å². The molecule has 5 rings (SSSR count). The highest BCUT2D eigenvalue weighted by atomic mass is 19.4. The number of fused-ring (bicyclic) bond motifs is 1. The molecule has 278 valence electrons. The Kier molecular flexibility index (Phi) is 11.4. The smallest absolute Gasteiger partial charge is 0.403 e. The molecule has 1 amide bonds. The number of piperidine rings is 2. The number of nitrogens with one attached hydrogen (secondary N) is 1. The van der Waals surface area contributed by atoms with Crippen molar-refractivity contribution in [3.8, 4) is 22.6 Å². The summed E-state index contributed by atoms with van der Waals surface area (Å²) in [6.45, 7) is -0.886. The van der Waals surface area contributed by atoms with Crippen LogP contribution in [0.2, 0.25) is 0 Å². The van der Waals surface area contributed by atoms with E-state index in [1.165, 1.54) is 14.2 Å². The number of hydrogen-bond donors (Lipinski definition) is 2. The second-order valence-electron chi connectivity index (χ2n) is 13.2. The number of methoxy groups -OCH3 is 2. The zero-order chi connectivity index (χ0) is 37.1. The lowest BCUT2D eigenvalue weighted by Crippen LogP contribution is -2.59. The average Bonchev–Trinajstić information content (AvgIpc) is 3.07. The van der Waals surface area contributed by atoms with Crippen LogP contribution in [0.5, 0.6) is 11.5 Å². The number of halogens is 7. The number of benzene rings is 3. The van der Waals surface area contributed by atoms with Crippen molar-refractivity contribution in [2.45, 2.75) is 63.2 Å². The number of alkyl halides is 7. The Hall–Kier alpha value is -4.11. The molecule has 3 aromatic carbocycles. The van der Waals surface area contributed by atoms with Crippen LogP contribution in [-0.2, 0) is 22.6 Å². The van der Waals surface area contributed by atoms with Gasteiger partial charge in [-0.3, -0.25) is 14.6 Å². The van der Waals surface area contributed by atoms with E-state index in [4.69, 9.17) is 9.47 Å². The van der Waals surface area contributed by atoms with Gasteiger partial charge in [-0.2, -0.15) is 26.3 Å². The van der Waals surface area contributed by atoms with E-state index in [9.17, 15) is 45.4 Å². The summed E-state index contributed by atoms with van der Waals surface area (Å²) in [5, 5.41) is 13.4. The molecule has 1 atom stereocenters. The summed E-state index contributed by atoms with van der Waals surface area (Å²) in [5.41, 5.74) is -0.439. The summed E-state index contributed by atoms with van der Waals surface area (Å²) in [6, 6.07) is 12.3. The topological polar surface area (TPSA) is 91.3 Å². The molecule has 0 spiro atoms. The Balaban J connectivity index is 1.43. The number of hydrogen-bond acceptors (Lipinski definition) is 6. The van der Waals surface area contributed by atoms with Crippen molar-refractivity contribution < 1.29 is 54.9 Å². The first-order chi connectivity index (χ1) is 24.0. The largest absolute Gasteiger partial charge is 0.496 e. The van der Waals surface area contributed by atoms with Gasteiger partial charge in [-0.15, -0.1) is 0 Å². The number of amides is 1. The number of aliphatic carboxylic acids is 1. The second kappa shape index (κ2) is 15.2. The Morgan fingerprint density at radius 3 is 2.04 bits per heavy atom. The van der Waals surface area contributed by atoms with E-state index in [2.05, 4.69) is 10.2 Å².